The van der Waals surface area contributed by atoms with Gasteiger partial charge in [0.15, 0.2) is 5.78 Å². The molecule has 0 aromatic heterocycles. The van der Waals surface area contributed by atoms with Crippen molar-refractivity contribution in [3.63, 3.8) is 0 Å². The van der Waals surface area contributed by atoms with Crippen molar-refractivity contribution in [1.82, 2.24) is 0 Å². The highest BCUT2D eigenvalue weighted by Crippen LogP contribution is 2.11. The molecule has 0 aliphatic rings. The van der Waals surface area contributed by atoms with Gasteiger partial charge in [-0.3, -0.25) is 4.79 Å². The Balaban J connectivity index is 2.51. The smallest absolute Gasteiger partial charge is 0.193 e. The van der Waals surface area contributed by atoms with Crippen LogP contribution in [0.3, 0.4) is 0 Å². The van der Waals surface area contributed by atoms with Crippen LogP contribution in [0.5, 0.6) is 0 Å². The number of hydrogen-bond acceptors (Lipinski definition) is 3. The maximum Gasteiger partial charge on any atom is 0.193 e. The number of aliphatic hydroxyl groups is 2. The summed E-state index contributed by atoms with van der Waals surface area (Å²) in [7, 11) is 0. The zero-order valence-electron chi connectivity index (χ0n) is 10.2. The van der Waals surface area contributed by atoms with Crippen LogP contribution in [-0.2, 0) is 0 Å². The summed E-state index contributed by atoms with van der Waals surface area (Å²) in [5.74, 6) is -0.408. The van der Waals surface area contributed by atoms with E-state index in [1.54, 1.807) is 30.3 Å². The van der Waals surface area contributed by atoms with E-state index in [2.05, 4.69) is 6.92 Å². The minimum absolute atomic E-state index is 0.408. The molecule has 2 N–H and O–H groups in total. The van der Waals surface area contributed by atoms with Gasteiger partial charge >= 0.3 is 0 Å². The van der Waals surface area contributed by atoms with Gasteiger partial charge < -0.3 is 10.2 Å². The summed E-state index contributed by atoms with van der Waals surface area (Å²) in [6, 6.07) is 8.57. The van der Waals surface area contributed by atoms with E-state index in [0.29, 0.717) is 12.0 Å². The van der Waals surface area contributed by atoms with Crippen LogP contribution < -0.4 is 0 Å². The van der Waals surface area contributed by atoms with Crippen LogP contribution in [0.15, 0.2) is 30.3 Å². The van der Waals surface area contributed by atoms with Crippen LogP contribution in [0.25, 0.3) is 0 Å². The van der Waals surface area contributed by atoms with Crippen LogP contribution in [0.2, 0.25) is 0 Å². The van der Waals surface area contributed by atoms with Crippen molar-refractivity contribution in [1.29, 1.82) is 0 Å². The number of ketones is 1. The summed E-state index contributed by atoms with van der Waals surface area (Å²) >= 11 is 0. The molecule has 0 fully saturated rings. The van der Waals surface area contributed by atoms with E-state index in [9.17, 15) is 15.0 Å². The molecule has 0 heterocycles. The molecule has 3 nitrogen and oxygen atoms in total. The Labute approximate surface area is 102 Å². The van der Waals surface area contributed by atoms with Gasteiger partial charge in [0.1, 0.15) is 6.10 Å². The second kappa shape index (κ2) is 7.20. The van der Waals surface area contributed by atoms with Crippen molar-refractivity contribution in [2.45, 2.75) is 44.8 Å². The zero-order valence-corrected chi connectivity index (χ0v) is 10.2. The minimum Gasteiger partial charge on any atom is -0.390 e. The van der Waals surface area contributed by atoms with E-state index >= 15 is 0 Å². The SMILES string of the molecule is CCCCC[C@@H](O)[C@@H](O)C(=O)c1ccccc1. The molecule has 0 unspecified atom stereocenters. The molecule has 0 saturated heterocycles. The molecule has 2 atom stereocenters. The van der Waals surface area contributed by atoms with Crippen molar-refractivity contribution in [2.75, 3.05) is 0 Å². The number of Topliss-reactive ketones (excluding diaryl/α,β-unsaturated/α-hetero) is 1. The molecule has 3 heteroatoms. The monoisotopic (exact) mass is 236 g/mol. The molecular formula is C14H20O3. The van der Waals surface area contributed by atoms with E-state index in [-0.39, 0.29) is 0 Å². The highest BCUT2D eigenvalue weighted by Gasteiger charge is 2.24. The molecule has 0 aliphatic heterocycles. The van der Waals surface area contributed by atoms with Gasteiger partial charge in [0.25, 0.3) is 0 Å². The minimum atomic E-state index is -1.31. The normalized spacial score (nSPS) is 14.3. The second-order valence-electron chi connectivity index (χ2n) is 4.24. The zero-order chi connectivity index (χ0) is 12.7. The average molecular weight is 236 g/mol. The molecule has 0 radical (unpaired) electrons. The Morgan fingerprint density at radius 1 is 1.18 bits per heavy atom. The van der Waals surface area contributed by atoms with Crippen LogP contribution in [0.4, 0.5) is 0 Å². The summed E-state index contributed by atoms with van der Waals surface area (Å²) in [6.45, 7) is 2.07. The van der Waals surface area contributed by atoms with Crippen molar-refractivity contribution in [3.05, 3.63) is 35.9 Å². The molecule has 0 spiro atoms. The number of carbonyl (C=O) groups is 1. The lowest BCUT2D eigenvalue weighted by Gasteiger charge is -2.16. The Kier molecular flexibility index (Phi) is 5.87. The predicted molar refractivity (Wildman–Crippen MR) is 66.9 cm³/mol. The van der Waals surface area contributed by atoms with Gasteiger partial charge in [-0.05, 0) is 6.42 Å². The lowest BCUT2D eigenvalue weighted by Crippen LogP contribution is -2.33. The van der Waals surface area contributed by atoms with Gasteiger partial charge in [-0.25, -0.2) is 0 Å². The van der Waals surface area contributed by atoms with Crippen LogP contribution in [-0.4, -0.2) is 28.2 Å². The first kappa shape index (κ1) is 13.9. The molecule has 17 heavy (non-hydrogen) atoms. The summed E-state index contributed by atoms with van der Waals surface area (Å²) in [6.07, 6.45) is 1.08. The third-order valence-corrected chi connectivity index (χ3v) is 2.79. The molecule has 1 aromatic carbocycles. The highest BCUT2D eigenvalue weighted by atomic mass is 16.3. The highest BCUT2D eigenvalue weighted by molar-refractivity contribution is 5.99. The Hall–Kier alpha value is -1.19. The lowest BCUT2D eigenvalue weighted by atomic mass is 9.98. The van der Waals surface area contributed by atoms with E-state index in [1.165, 1.54) is 0 Å². The molecular weight excluding hydrogens is 216 g/mol. The maximum absolute atomic E-state index is 11.8. The first-order valence-corrected chi connectivity index (χ1v) is 6.12. The fraction of sp³-hybridized carbons (Fsp3) is 0.500. The molecule has 0 aliphatic carbocycles. The van der Waals surface area contributed by atoms with Crippen molar-refractivity contribution < 1.29 is 15.0 Å². The molecule has 1 aromatic rings. The number of carbonyl (C=O) groups excluding carboxylic acids is 1. The van der Waals surface area contributed by atoms with Crippen molar-refractivity contribution in [3.8, 4) is 0 Å². The van der Waals surface area contributed by atoms with E-state index in [4.69, 9.17) is 0 Å². The fourth-order valence-electron chi connectivity index (χ4n) is 1.71. The number of hydrogen-bond donors (Lipinski definition) is 2. The lowest BCUT2D eigenvalue weighted by molar-refractivity contribution is 0.0168. The van der Waals surface area contributed by atoms with Crippen molar-refractivity contribution in [2.24, 2.45) is 0 Å². The Bertz CT molecular complexity index is 335. The number of unbranched alkanes of at least 4 members (excludes halogenated alkanes) is 2. The predicted octanol–water partition coefficient (Wildman–Crippen LogP) is 2.17. The van der Waals surface area contributed by atoms with Gasteiger partial charge in [0, 0.05) is 5.56 Å². The molecule has 0 bridgehead atoms. The quantitative estimate of drug-likeness (QED) is 0.563. The first-order chi connectivity index (χ1) is 8.16. The maximum atomic E-state index is 11.8. The fourth-order valence-corrected chi connectivity index (χ4v) is 1.71. The standard InChI is InChI=1S/C14H20O3/c1-2-3-5-10-12(15)14(17)13(16)11-8-6-4-7-9-11/h4,6-9,12,14-15,17H,2-3,5,10H2,1H3/t12-,14-/m1/s1. The van der Waals surface area contributed by atoms with Crippen LogP contribution in [0.1, 0.15) is 43.0 Å². The molecule has 0 saturated carbocycles. The van der Waals surface area contributed by atoms with Gasteiger partial charge in [-0.1, -0.05) is 56.5 Å². The van der Waals surface area contributed by atoms with Crippen LogP contribution >= 0.6 is 0 Å². The van der Waals surface area contributed by atoms with E-state index < -0.39 is 18.0 Å². The Morgan fingerprint density at radius 3 is 2.41 bits per heavy atom. The second-order valence-corrected chi connectivity index (χ2v) is 4.24. The number of aliphatic hydroxyl groups excluding tert-OH is 2. The summed E-state index contributed by atoms with van der Waals surface area (Å²) < 4.78 is 0. The molecule has 0 amide bonds. The number of rotatable bonds is 7. The number of benzene rings is 1. The largest absolute Gasteiger partial charge is 0.390 e. The van der Waals surface area contributed by atoms with Gasteiger partial charge in [-0.15, -0.1) is 0 Å². The molecule has 1 rings (SSSR count). The van der Waals surface area contributed by atoms with Gasteiger partial charge in [-0.2, -0.15) is 0 Å². The Morgan fingerprint density at radius 2 is 1.82 bits per heavy atom. The molecule has 94 valence electrons. The summed E-state index contributed by atoms with van der Waals surface area (Å²) in [5.41, 5.74) is 0.439. The third kappa shape index (κ3) is 4.29. The van der Waals surface area contributed by atoms with Crippen LogP contribution in [0, 0.1) is 0 Å². The topological polar surface area (TPSA) is 57.5 Å². The van der Waals surface area contributed by atoms with Gasteiger partial charge in [0.2, 0.25) is 0 Å². The summed E-state index contributed by atoms with van der Waals surface area (Å²) in [4.78, 5) is 11.8. The first-order valence-electron chi connectivity index (χ1n) is 6.12. The van der Waals surface area contributed by atoms with Crippen molar-refractivity contribution >= 4 is 5.78 Å². The van der Waals surface area contributed by atoms with E-state index in [1.807, 2.05) is 0 Å². The summed E-state index contributed by atoms with van der Waals surface area (Å²) in [5, 5.41) is 19.4. The van der Waals surface area contributed by atoms with E-state index in [0.717, 1.165) is 19.3 Å². The third-order valence-electron chi connectivity index (χ3n) is 2.79. The average Bonchev–Trinajstić information content (AvgIpc) is 2.38. The van der Waals surface area contributed by atoms with Gasteiger partial charge in [0.05, 0.1) is 6.10 Å².